The number of aromatic nitrogens is 1. The molecule has 0 bridgehead atoms. The molecular formula is C14H15ClN2O. The highest BCUT2D eigenvalue weighted by Gasteiger charge is 1.99. The van der Waals surface area contributed by atoms with Crippen LogP contribution in [0.25, 0.3) is 0 Å². The molecule has 2 aromatic rings. The number of benzene rings is 1. The van der Waals surface area contributed by atoms with Gasteiger partial charge in [0.15, 0.2) is 0 Å². The molecule has 1 aromatic heterocycles. The van der Waals surface area contributed by atoms with Crippen molar-refractivity contribution in [1.82, 2.24) is 4.98 Å². The molecule has 1 N–H and O–H groups in total. The van der Waals surface area contributed by atoms with Gasteiger partial charge in [-0.05, 0) is 37.3 Å². The summed E-state index contributed by atoms with van der Waals surface area (Å²) < 4.78 is 5.63. The highest BCUT2D eigenvalue weighted by molar-refractivity contribution is 6.30. The Labute approximate surface area is 112 Å². The largest absolute Gasteiger partial charge is 0.487 e. The lowest BCUT2D eigenvalue weighted by Crippen LogP contribution is -2.01. The fraction of sp³-hybridized carbons (Fsp3) is 0.214. The van der Waals surface area contributed by atoms with Crippen molar-refractivity contribution >= 4 is 17.3 Å². The Bertz CT molecular complexity index is 517. The second-order valence-electron chi connectivity index (χ2n) is 3.81. The minimum absolute atomic E-state index is 0.430. The molecule has 1 aromatic carbocycles. The zero-order chi connectivity index (χ0) is 12.8. The zero-order valence-corrected chi connectivity index (χ0v) is 10.9. The minimum Gasteiger partial charge on any atom is -0.487 e. The van der Waals surface area contributed by atoms with E-state index in [1.807, 2.05) is 30.3 Å². The Morgan fingerprint density at radius 2 is 2.17 bits per heavy atom. The van der Waals surface area contributed by atoms with Gasteiger partial charge in [0, 0.05) is 23.5 Å². The Balaban J connectivity index is 1.99. The molecule has 0 aliphatic heterocycles. The standard InChI is InChI=1S/C14H15ClN2O/c1-2-16-12-6-7-17-13(9-12)10-18-14-5-3-4-11(15)8-14/h3-9H,2,10H2,1H3,(H,16,17). The van der Waals surface area contributed by atoms with Crippen LogP contribution in [0.5, 0.6) is 5.75 Å². The molecule has 0 saturated carbocycles. The number of halogens is 1. The van der Waals surface area contributed by atoms with Gasteiger partial charge in [0.05, 0.1) is 5.69 Å². The lowest BCUT2D eigenvalue weighted by Gasteiger charge is -2.08. The molecule has 94 valence electrons. The first kappa shape index (κ1) is 12.7. The summed E-state index contributed by atoms with van der Waals surface area (Å²) in [6.07, 6.45) is 1.77. The van der Waals surface area contributed by atoms with E-state index in [4.69, 9.17) is 16.3 Å². The maximum absolute atomic E-state index is 5.89. The van der Waals surface area contributed by atoms with Gasteiger partial charge in [-0.2, -0.15) is 0 Å². The Hall–Kier alpha value is -1.74. The molecule has 0 aliphatic rings. The molecule has 0 fully saturated rings. The molecule has 2 rings (SSSR count). The van der Waals surface area contributed by atoms with E-state index < -0.39 is 0 Å². The SMILES string of the molecule is CCNc1ccnc(COc2cccc(Cl)c2)c1. The summed E-state index contributed by atoms with van der Waals surface area (Å²) in [7, 11) is 0. The minimum atomic E-state index is 0.430. The van der Waals surface area contributed by atoms with Crippen LogP contribution in [0.15, 0.2) is 42.6 Å². The summed E-state index contributed by atoms with van der Waals surface area (Å²) in [4.78, 5) is 4.26. The topological polar surface area (TPSA) is 34.2 Å². The number of nitrogens with zero attached hydrogens (tertiary/aromatic N) is 1. The van der Waals surface area contributed by atoms with Crippen molar-refractivity contribution in [3.8, 4) is 5.75 Å². The Morgan fingerprint density at radius 1 is 1.28 bits per heavy atom. The normalized spacial score (nSPS) is 10.1. The van der Waals surface area contributed by atoms with Crippen LogP contribution >= 0.6 is 11.6 Å². The van der Waals surface area contributed by atoms with E-state index in [1.54, 1.807) is 12.3 Å². The van der Waals surface area contributed by atoms with E-state index >= 15 is 0 Å². The molecule has 0 saturated heterocycles. The van der Waals surface area contributed by atoms with Crippen LogP contribution < -0.4 is 10.1 Å². The predicted molar refractivity (Wildman–Crippen MR) is 74.2 cm³/mol. The van der Waals surface area contributed by atoms with Crippen molar-refractivity contribution in [2.75, 3.05) is 11.9 Å². The first-order chi connectivity index (χ1) is 8.78. The summed E-state index contributed by atoms with van der Waals surface area (Å²) in [6, 6.07) is 11.3. The lowest BCUT2D eigenvalue weighted by atomic mass is 10.3. The van der Waals surface area contributed by atoms with Crippen LogP contribution in [0.4, 0.5) is 5.69 Å². The van der Waals surface area contributed by atoms with Crippen molar-refractivity contribution in [3.05, 3.63) is 53.3 Å². The maximum atomic E-state index is 5.89. The van der Waals surface area contributed by atoms with E-state index in [0.29, 0.717) is 11.6 Å². The molecule has 0 atom stereocenters. The third-order valence-corrected chi connectivity index (χ3v) is 2.62. The molecule has 0 unspecified atom stereocenters. The summed E-state index contributed by atoms with van der Waals surface area (Å²) in [6.45, 7) is 3.38. The van der Waals surface area contributed by atoms with Crippen LogP contribution in [-0.4, -0.2) is 11.5 Å². The molecule has 0 spiro atoms. The van der Waals surface area contributed by atoms with Crippen LogP contribution in [0.3, 0.4) is 0 Å². The van der Waals surface area contributed by atoms with E-state index in [-0.39, 0.29) is 0 Å². The summed E-state index contributed by atoms with van der Waals surface area (Å²) >= 11 is 5.89. The van der Waals surface area contributed by atoms with E-state index in [1.165, 1.54) is 0 Å². The number of ether oxygens (including phenoxy) is 1. The third-order valence-electron chi connectivity index (χ3n) is 2.38. The number of nitrogens with one attached hydrogen (secondary N) is 1. The molecule has 1 heterocycles. The zero-order valence-electron chi connectivity index (χ0n) is 10.2. The fourth-order valence-electron chi connectivity index (χ4n) is 1.59. The van der Waals surface area contributed by atoms with Gasteiger partial charge in [-0.15, -0.1) is 0 Å². The maximum Gasteiger partial charge on any atom is 0.130 e. The van der Waals surface area contributed by atoms with Gasteiger partial charge in [0.1, 0.15) is 12.4 Å². The number of hydrogen-bond acceptors (Lipinski definition) is 3. The van der Waals surface area contributed by atoms with Crippen molar-refractivity contribution in [2.45, 2.75) is 13.5 Å². The lowest BCUT2D eigenvalue weighted by molar-refractivity contribution is 0.301. The smallest absolute Gasteiger partial charge is 0.130 e. The monoisotopic (exact) mass is 262 g/mol. The summed E-state index contributed by atoms with van der Waals surface area (Å²) in [5, 5.41) is 3.91. The van der Waals surface area contributed by atoms with Crippen LogP contribution in [0.1, 0.15) is 12.6 Å². The first-order valence-electron chi connectivity index (χ1n) is 5.85. The quantitative estimate of drug-likeness (QED) is 0.891. The second-order valence-corrected chi connectivity index (χ2v) is 4.25. The second kappa shape index (κ2) is 6.26. The van der Waals surface area contributed by atoms with E-state index in [2.05, 4.69) is 17.2 Å². The fourth-order valence-corrected chi connectivity index (χ4v) is 1.77. The van der Waals surface area contributed by atoms with Gasteiger partial charge < -0.3 is 10.1 Å². The number of rotatable bonds is 5. The van der Waals surface area contributed by atoms with E-state index in [9.17, 15) is 0 Å². The van der Waals surface area contributed by atoms with Gasteiger partial charge in [-0.3, -0.25) is 4.98 Å². The molecule has 0 radical (unpaired) electrons. The first-order valence-corrected chi connectivity index (χ1v) is 6.23. The molecule has 18 heavy (non-hydrogen) atoms. The Kier molecular flexibility index (Phi) is 4.42. The van der Waals surface area contributed by atoms with Gasteiger partial charge in [0.25, 0.3) is 0 Å². The number of hydrogen-bond donors (Lipinski definition) is 1. The molecule has 4 heteroatoms. The highest BCUT2D eigenvalue weighted by atomic mass is 35.5. The number of pyridine rings is 1. The van der Waals surface area contributed by atoms with Crippen molar-refractivity contribution in [3.63, 3.8) is 0 Å². The Morgan fingerprint density at radius 3 is 2.94 bits per heavy atom. The van der Waals surface area contributed by atoms with Crippen molar-refractivity contribution in [2.24, 2.45) is 0 Å². The van der Waals surface area contributed by atoms with Crippen molar-refractivity contribution in [1.29, 1.82) is 0 Å². The molecule has 0 aliphatic carbocycles. The summed E-state index contributed by atoms with van der Waals surface area (Å²) in [5.74, 6) is 0.748. The van der Waals surface area contributed by atoms with E-state index in [0.717, 1.165) is 23.7 Å². The van der Waals surface area contributed by atoms with Gasteiger partial charge >= 0.3 is 0 Å². The average Bonchev–Trinajstić information content (AvgIpc) is 2.37. The van der Waals surface area contributed by atoms with Crippen molar-refractivity contribution < 1.29 is 4.74 Å². The highest BCUT2D eigenvalue weighted by Crippen LogP contribution is 2.18. The van der Waals surface area contributed by atoms with Gasteiger partial charge in [-0.1, -0.05) is 17.7 Å². The van der Waals surface area contributed by atoms with Crippen LogP contribution in [-0.2, 0) is 6.61 Å². The average molecular weight is 263 g/mol. The predicted octanol–water partition coefficient (Wildman–Crippen LogP) is 3.75. The molecular weight excluding hydrogens is 248 g/mol. The van der Waals surface area contributed by atoms with Crippen LogP contribution in [0.2, 0.25) is 5.02 Å². The summed E-state index contributed by atoms with van der Waals surface area (Å²) in [5.41, 5.74) is 1.94. The van der Waals surface area contributed by atoms with Crippen LogP contribution in [0, 0.1) is 0 Å². The third kappa shape index (κ3) is 3.64. The number of anilines is 1. The molecule has 0 amide bonds. The molecule has 3 nitrogen and oxygen atoms in total. The van der Waals surface area contributed by atoms with Gasteiger partial charge in [0.2, 0.25) is 0 Å². The van der Waals surface area contributed by atoms with Gasteiger partial charge in [-0.25, -0.2) is 0 Å².